The average Bonchev–Trinajstić information content (AvgIpc) is 2.74. The van der Waals surface area contributed by atoms with Gasteiger partial charge in [-0.25, -0.2) is 0 Å². The molecule has 0 saturated carbocycles. The highest BCUT2D eigenvalue weighted by Crippen LogP contribution is 2.22. The molecule has 0 amide bonds. The standard InChI is InChI=1S/C17H25N3/c1-17(2,3)16-8-6-14(7-9-16)11-19(4)12-15-10-18-20(5)13-15/h6-10,13H,11-12H2,1-5H3. The lowest BCUT2D eigenvalue weighted by Crippen LogP contribution is -2.17. The van der Waals surface area contributed by atoms with Crippen LogP contribution in [0.4, 0.5) is 0 Å². The zero-order chi connectivity index (χ0) is 14.8. The van der Waals surface area contributed by atoms with Crippen LogP contribution in [-0.2, 0) is 25.6 Å². The van der Waals surface area contributed by atoms with Gasteiger partial charge < -0.3 is 0 Å². The van der Waals surface area contributed by atoms with Gasteiger partial charge in [0.2, 0.25) is 0 Å². The molecule has 0 aliphatic heterocycles. The van der Waals surface area contributed by atoms with Crippen LogP contribution in [0.1, 0.15) is 37.5 Å². The number of benzene rings is 1. The Labute approximate surface area is 122 Å². The third-order valence-corrected chi connectivity index (χ3v) is 3.48. The summed E-state index contributed by atoms with van der Waals surface area (Å²) in [7, 11) is 4.10. The maximum atomic E-state index is 4.21. The average molecular weight is 271 g/mol. The summed E-state index contributed by atoms with van der Waals surface area (Å²) in [6.07, 6.45) is 4.00. The molecule has 3 heteroatoms. The molecule has 0 radical (unpaired) electrons. The fourth-order valence-electron chi connectivity index (χ4n) is 2.34. The molecule has 1 aromatic heterocycles. The molecule has 0 fully saturated rings. The zero-order valence-corrected chi connectivity index (χ0v) is 13.2. The van der Waals surface area contributed by atoms with Crippen LogP contribution in [0.3, 0.4) is 0 Å². The summed E-state index contributed by atoms with van der Waals surface area (Å²) in [6.45, 7) is 8.62. The molecule has 1 aromatic carbocycles. The van der Waals surface area contributed by atoms with Crippen molar-refractivity contribution in [1.29, 1.82) is 0 Å². The molecular formula is C17H25N3. The zero-order valence-electron chi connectivity index (χ0n) is 13.2. The van der Waals surface area contributed by atoms with Crippen molar-refractivity contribution in [2.45, 2.75) is 39.3 Å². The Hall–Kier alpha value is -1.61. The molecule has 0 aliphatic rings. The Morgan fingerprint density at radius 1 is 1.05 bits per heavy atom. The van der Waals surface area contributed by atoms with Crippen LogP contribution in [-0.4, -0.2) is 21.7 Å². The first-order valence-electron chi connectivity index (χ1n) is 7.10. The minimum absolute atomic E-state index is 0.222. The van der Waals surface area contributed by atoms with E-state index in [9.17, 15) is 0 Å². The summed E-state index contributed by atoms with van der Waals surface area (Å²) >= 11 is 0. The maximum Gasteiger partial charge on any atom is 0.0534 e. The van der Waals surface area contributed by atoms with Crippen LogP contribution < -0.4 is 0 Å². The Morgan fingerprint density at radius 3 is 2.15 bits per heavy atom. The molecule has 0 atom stereocenters. The first-order valence-corrected chi connectivity index (χ1v) is 7.10. The van der Waals surface area contributed by atoms with E-state index < -0.39 is 0 Å². The fourth-order valence-corrected chi connectivity index (χ4v) is 2.34. The number of hydrogen-bond acceptors (Lipinski definition) is 2. The topological polar surface area (TPSA) is 21.1 Å². The monoisotopic (exact) mass is 271 g/mol. The van der Waals surface area contributed by atoms with Gasteiger partial charge in [-0.3, -0.25) is 9.58 Å². The minimum Gasteiger partial charge on any atom is -0.298 e. The summed E-state index contributed by atoms with van der Waals surface area (Å²) < 4.78 is 1.85. The van der Waals surface area contributed by atoms with Crippen molar-refractivity contribution in [1.82, 2.24) is 14.7 Å². The number of aryl methyl sites for hydroxylation is 1. The van der Waals surface area contributed by atoms with Crippen LogP contribution in [0.25, 0.3) is 0 Å². The van der Waals surface area contributed by atoms with Crippen molar-refractivity contribution in [2.24, 2.45) is 7.05 Å². The molecule has 3 nitrogen and oxygen atoms in total. The number of nitrogens with zero attached hydrogens (tertiary/aromatic N) is 3. The van der Waals surface area contributed by atoms with E-state index in [1.54, 1.807) is 0 Å². The lowest BCUT2D eigenvalue weighted by molar-refractivity contribution is 0.319. The summed E-state index contributed by atoms with van der Waals surface area (Å²) in [6, 6.07) is 8.96. The summed E-state index contributed by atoms with van der Waals surface area (Å²) in [5.74, 6) is 0. The van der Waals surface area contributed by atoms with Gasteiger partial charge in [0.25, 0.3) is 0 Å². The highest BCUT2D eigenvalue weighted by molar-refractivity contribution is 5.27. The minimum atomic E-state index is 0.222. The van der Waals surface area contributed by atoms with Gasteiger partial charge >= 0.3 is 0 Å². The molecule has 2 aromatic rings. The quantitative estimate of drug-likeness (QED) is 0.850. The van der Waals surface area contributed by atoms with E-state index in [1.807, 2.05) is 17.9 Å². The second-order valence-corrected chi connectivity index (χ2v) is 6.64. The first kappa shape index (κ1) is 14.8. The molecule has 2 rings (SSSR count). The lowest BCUT2D eigenvalue weighted by Gasteiger charge is -2.20. The van der Waals surface area contributed by atoms with E-state index in [4.69, 9.17) is 0 Å². The molecule has 108 valence electrons. The Kier molecular flexibility index (Phi) is 4.29. The van der Waals surface area contributed by atoms with Crippen molar-refractivity contribution in [3.63, 3.8) is 0 Å². The smallest absolute Gasteiger partial charge is 0.0534 e. The van der Waals surface area contributed by atoms with Gasteiger partial charge in [0.05, 0.1) is 6.20 Å². The second-order valence-electron chi connectivity index (χ2n) is 6.64. The van der Waals surface area contributed by atoms with Crippen molar-refractivity contribution in [3.05, 3.63) is 53.3 Å². The van der Waals surface area contributed by atoms with Crippen LogP contribution in [0, 0.1) is 0 Å². The lowest BCUT2D eigenvalue weighted by atomic mass is 9.87. The van der Waals surface area contributed by atoms with E-state index in [0.717, 1.165) is 13.1 Å². The summed E-state index contributed by atoms with van der Waals surface area (Å²) in [5, 5.41) is 4.21. The third-order valence-electron chi connectivity index (χ3n) is 3.48. The SMILES string of the molecule is CN(Cc1ccc(C(C)(C)C)cc1)Cc1cnn(C)c1. The van der Waals surface area contributed by atoms with Gasteiger partial charge in [-0.05, 0) is 23.6 Å². The summed E-state index contributed by atoms with van der Waals surface area (Å²) in [5.41, 5.74) is 4.21. The maximum absolute atomic E-state index is 4.21. The van der Waals surface area contributed by atoms with Gasteiger partial charge in [0.1, 0.15) is 0 Å². The van der Waals surface area contributed by atoms with Gasteiger partial charge in [-0.15, -0.1) is 0 Å². The van der Waals surface area contributed by atoms with Crippen molar-refractivity contribution < 1.29 is 0 Å². The number of rotatable bonds is 4. The fraction of sp³-hybridized carbons (Fsp3) is 0.471. The van der Waals surface area contributed by atoms with Crippen LogP contribution >= 0.6 is 0 Å². The number of aromatic nitrogens is 2. The molecule has 0 unspecified atom stereocenters. The van der Waals surface area contributed by atoms with E-state index in [-0.39, 0.29) is 5.41 Å². The molecule has 0 spiro atoms. The third kappa shape index (κ3) is 3.94. The predicted octanol–water partition coefficient (Wildman–Crippen LogP) is 3.35. The molecule has 1 heterocycles. The normalized spacial score (nSPS) is 12.1. The molecule has 0 aliphatic carbocycles. The molecular weight excluding hydrogens is 246 g/mol. The van der Waals surface area contributed by atoms with Gasteiger partial charge in [0, 0.05) is 31.9 Å². The first-order chi connectivity index (χ1) is 9.34. The van der Waals surface area contributed by atoms with E-state index in [2.05, 4.69) is 68.3 Å². The van der Waals surface area contributed by atoms with Crippen molar-refractivity contribution in [3.8, 4) is 0 Å². The number of hydrogen-bond donors (Lipinski definition) is 0. The Balaban J connectivity index is 1.96. The second kappa shape index (κ2) is 5.80. The molecule has 20 heavy (non-hydrogen) atoms. The highest BCUT2D eigenvalue weighted by Gasteiger charge is 2.13. The van der Waals surface area contributed by atoms with E-state index in [1.165, 1.54) is 16.7 Å². The van der Waals surface area contributed by atoms with Gasteiger partial charge in [0.15, 0.2) is 0 Å². The van der Waals surface area contributed by atoms with Crippen molar-refractivity contribution >= 4 is 0 Å². The molecule has 0 N–H and O–H groups in total. The van der Waals surface area contributed by atoms with Crippen LogP contribution in [0.5, 0.6) is 0 Å². The predicted molar refractivity (Wildman–Crippen MR) is 83.5 cm³/mol. The van der Waals surface area contributed by atoms with E-state index >= 15 is 0 Å². The van der Waals surface area contributed by atoms with Crippen LogP contribution in [0.2, 0.25) is 0 Å². The van der Waals surface area contributed by atoms with Crippen molar-refractivity contribution in [2.75, 3.05) is 7.05 Å². The summed E-state index contributed by atoms with van der Waals surface area (Å²) in [4.78, 5) is 2.31. The largest absolute Gasteiger partial charge is 0.298 e. The molecule has 0 bridgehead atoms. The van der Waals surface area contributed by atoms with Gasteiger partial charge in [-0.1, -0.05) is 45.0 Å². The van der Waals surface area contributed by atoms with Gasteiger partial charge in [-0.2, -0.15) is 5.10 Å². The van der Waals surface area contributed by atoms with Crippen LogP contribution in [0.15, 0.2) is 36.7 Å². The Morgan fingerprint density at radius 2 is 1.65 bits per heavy atom. The molecule has 0 saturated heterocycles. The highest BCUT2D eigenvalue weighted by atomic mass is 15.2. The van der Waals surface area contributed by atoms with E-state index in [0.29, 0.717) is 0 Å². The Bertz CT molecular complexity index is 546.